The van der Waals surface area contributed by atoms with Crippen LogP contribution in [0.15, 0.2) is 48.5 Å². The lowest BCUT2D eigenvalue weighted by atomic mass is 9.99. The summed E-state index contributed by atoms with van der Waals surface area (Å²) < 4.78 is 0. The molecule has 0 saturated carbocycles. The normalized spacial score (nSPS) is 15.8. The Morgan fingerprint density at radius 1 is 1.00 bits per heavy atom. The highest BCUT2D eigenvalue weighted by molar-refractivity contribution is 6.31. The van der Waals surface area contributed by atoms with Crippen LogP contribution in [-0.2, 0) is 0 Å². The summed E-state index contributed by atoms with van der Waals surface area (Å²) in [5, 5.41) is 1.71. The largest absolute Gasteiger partial charge is 0.341 e. The molecule has 0 atom stereocenters. The van der Waals surface area contributed by atoms with Gasteiger partial charge in [-0.1, -0.05) is 48.9 Å². The van der Waals surface area contributed by atoms with Crippen LogP contribution in [0.5, 0.6) is 0 Å². The van der Waals surface area contributed by atoms with Gasteiger partial charge in [-0.25, -0.2) is 9.97 Å². The van der Waals surface area contributed by atoms with Crippen molar-refractivity contribution in [3.05, 3.63) is 53.6 Å². The lowest BCUT2D eigenvalue weighted by molar-refractivity contribution is 0.435. The van der Waals surface area contributed by atoms with Crippen molar-refractivity contribution in [1.82, 2.24) is 9.97 Å². The Kier molecular flexibility index (Phi) is 4.11. The molecule has 2 aromatic carbocycles. The number of piperidine rings is 1. The molecule has 3 nitrogen and oxygen atoms in total. The van der Waals surface area contributed by atoms with E-state index in [0.717, 1.165) is 47.1 Å². The topological polar surface area (TPSA) is 29.0 Å². The van der Waals surface area contributed by atoms with Crippen LogP contribution in [0.25, 0.3) is 22.2 Å². The van der Waals surface area contributed by atoms with E-state index in [2.05, 4.69) is 24.0 Å². The van der Waals surface area contributed by atoms with Crippen molar-refractivity contribution >= 4 is 28.5 Å². The molecule has 1 fully saturated rings. The Balaban J connectivity index is 1.86. The van der Waals surface area contributed by atoms with Crippen LogP contribution in [0, 0.1) is 5.92 Å². The van der Waals surface area contributed by atoms with Gasteiger partial charge in [0.05, 0.1) is 11.2 Å². The van der Waals surface area contributed by atoms with Gasteiger partial charge < -0.3 is 4.90 Å². The molecule has 1 saturated heterocycles. The quantitative estimate of drug-likeness (QED) is 0.644. The molecule has 2 heterocycles. The molecule has 0 unspecified atom stereocenters. The van der Waals surface area contributed by atoms with Crippen molar-refractivity contribution in [3.63, 3.8) is 0 Å². The molecule has 0 amide bonds. The summed E-state index contributed by atoms with van der Waals surface area (Å²) >= 11 is 6.22. The molecule has 24 heavy (non-hydrogen) atoms. The first-order valence-corrected chi connectivity index (χ1v) is 8.86. The highest BCUT2D eigenvalue weighted by Gasteiger charge is 2.20. The van der Waals surface area contributed by atoms with Crippen molar-refractivity contribution < 1.29 is 0 Å². The fourth-order valence-corrected chi connectivity index (χ4v) is 3.43. The van der Waals surface area contributed by atoms with Gasteiger partial charge in [0.15, 0.2) is 0 Å². The minimum absolute atomic E-state index is 0.711. The Labute approximate surface area is 147 Å². The second kappa shape index (κ2) is 6.40. The Morgan fingerprint density at radius 2 is 1.75 bits per heavy atom. The van der Waals surface area contributed by atoms with Crippen molar-refractivity contribution in [2.75, 3.05) is 18.0 Å². The van der Waals surface area contributed by atoms with Gasteiger partial charge in [-0.2, -0.15) is 0 Å². The second-order valence-electron chi connectivity index (χ2n) is 6.57. The molecule has 0 radical (unpaired) electrons. The summed E-state index contributed by atoms with van der Waals surface area (Å²) in [4.78, 5) is 12.0. The first-order valence-electron chi connectivity index (χ1n) is 8.48. The van der Waals surface area contributed by atoms with Crippen LogP contribution in [0.4, 0.5) is 5.95 Å². The summed E-state index contributed by atoms with van der Waals surface area (Å²) in [6.45, 7) is 4.36. The van der Waals surface area contributed by atoms with E-state index in [1.54, 1.807) is 0 Å². The Morgan fingerprint density at radius 3 is 2.50 bits per heavy atom. The van der Waals surface area contributed by atoms with E-state index in [1.807, 2.05) is 36.4 Å². The van der Waals surface area contributed by atoms with E-state index in [1.165, 1.54) is 12.8 Å². The monoisotopic (exact) mass is 337 g/mol. The molecule has 1 aliphatic rings. The molecule has 122 valence electrons. The predicted molar refractivity (Wildman–Crippen MR) is 101 cm³/mol. The summed E-state index contributed by atoms with van der Waals surface area (Å²) in [5.74, 6) is 1.62. The van der Waals surface area contributed by atoms with Crippen molar-refractivity contribution in [2.24, 2.45) is 5.92 Å². The Hall–Kier alpha value is -2.13. The maximum Gasteiger partial charge on any atom is 0.226 e. The zero-order valence-electron chi connectivity index (χ0n) is 13.7. The maximum absolute atomic E-state index is 6.22. The van der Waals surface area contributed by atoms with E-state index in [4.69, 9.17) is 21.6 Å². The van der Waals surface area contributed by atoms with Gasteiger partial charge in [0.2, 0.25) is 5.95 Å². The number of nitrogens with zero attached hydrogens (tertiary/aromatic N) is 3. The number of rotatable bonds is 2. The number of hydrogen-bond acceptors (Lipinski definition) is 3. The van der Waals surface area contributed by atoms with Crippen molar-refractivity contribution in [1.29, 1.82) is 0 Å². The zero-order chi connectivity index (χ0) is 16.5. The van der Waals surface area contributed by atoms with E-state index in [0.29, 0.717) is 5.02 Å². The van der Waals surface area contributed by atoms with E-state index >= 15 is 0 Å². The number of aromatic nitrogens is 2. The number of benzene rings is 2. The van der Waals surface area contributed by atoms with Gasteiger partial charge in [0.25, 0.3) is 0 Å². The van der Waals surface area contributed by atoms with E-state index in [-0.39, 0.29) is 0 Å². The van der Waals surface area contributed by atoms with E-state index < -0.39 is 0 Å². The smallest absolute Gasteiger partial charge is 0.226 e. The average Bonchev–Trinajstić information content (AvgIpc) is 2.62. The molecule has 1 aliphatic heterocycles. The zero-order valence-corrected chi connectivity index (χ0v) is 14.5. The van der Waals surface area contributed by atoms with Crippen LogP contribution < -0.4 is 4.90 Å². The lowest BCUT2D eigenvalue weighted by Crippen LogP contribution is -2.34. The highest BCUT2D eigenvalue weighted by atomic mass is 35.5. The number of fused-ring (bicyclic) bond motifs is 1. The molecule has 4 heteroatoms. The van der Waals surface area contributed by atoms with E-state index in [9.17, 15) is 0 Å². The SMILES string of the molecule is CC1CCN(c2nc(-c3ccccc3)c3cc(Cl)ccc3n2)CC1. The highest BCUT2D eigenvalue weighted by Crippen LogP contribution is 2.31. The number of halogens is 1. The van der Waals surface area contributed by atoms with Crippen LogP contribution in [0.3, 0.4) is 0 Å². The molecular weight excluding hydrogens is 318 g/mol. The first kappa shape index (κ1) is 15.4. The van der Waals surface area contributed by atoms with Gasteiger partial charge in [-0.05, 0) is 37.0 Å². The molecule has 0 N–H and O–H groups in total. The lowest BCUT2D eigenvalue weighted by Gasteiger charge is -2.30. The summed E-state index contributed by atoms with van der Waals surface area (Å²) in [6.07, 6.45) is 2.39. The average molecular weight is 338 g/mol. The minimum atomic E-state index is 0.711. The number of hydrogen-bond donors (Lipinski definition) is 0. The molecule has 0 bridgehead atoms. The molecule has 0 spiro atoms. The fraction of sp³-hybridized carbons (Fsp3) is 0.300. The van der Waals surface area contributed by atoms with Crippen LogP contribution in [-0.4, -0.2) is 23.1 Å². The molecule has 0 aliphatic carbocycles. The third kappa shape index (κ3) is 2.96. The summed E-state index contributed by atoms with van der Waals surface area (Å²) in [6, 6.07) is 16.1. The van der Waals surface area contributed by atoms with Crippen molar-refractivity contribution in [3.8, 4) is 11.3 Å². The van der Waals surface area contributed by atoms with Crippen molar-refractivity contribution in [2.45, 2.75) is 19.8 Å². The molecular formula is C20H20ClN3. The first-order chi connectivity index (χ1) is 11.7. The van der Waals surface area contributed by atoms with Gasteiger partial charge in [-0.3, -0.25) is 0 Å². The molecule has 4 rings (SSSR count). The third-order valence-electron chi connectivity index (χ3n) is 4.76. The molecule has 1 aromatic heterocycles. The summed E-state index contributed by atoms with van der Waals surface area (Å²) in [7, 11) is 0. The van der Waals surface area contributed by atoms with Crippen LogP contribution in [0.1, 0.15) is 19.8 Å². The third-order valence-corrected chi connectivity index (χ3v) is 4.99. The second-order valence-corrected chi connectivity index (χ2v) is 7.01. The maximum atomic E-state index is 6.22. The van der Waals surface area contributed by atoms with Crippen LogP contribution >= 0.6 is 11.6 Å². The fourth-order valence-electron chi connectivity index (χ4n) is 3.25. The summed E-state index contributed by atoms with van der Waals surface area (Å²) in [5.41, 5.74) is 3.00. The van der Waals surface area contributed by atoms with Gasteiger partial charge in [-0.15, -0.1) is 0 Å². The number of anilines is 1. The Bertz CT molecular complexity index is 855. The van der Waals surface area contributed by atoms with Gasteiger partial charge >= 0.3 is 0 Å². The molecule has 3 aromatic rings. The van der Waals surface area contributed by atoms with Crippen LogP contribution in [0.2, 0.25) is 5.02 Å². The van der Waals surface area contributed by atoms with Gasteiger partial charge in [0.1, 0.15) is 0 Å². The predicted octanol–water partition coefficient (Wildman–Crippen LogP) is 5.19. The van der Waals surface area contributed by atoms with Gasteiger partial charge in [0, 0.05) is 29.1 Å². The minimum Gasteiger partial charge on any atom is -0.341 e. The standard InChI is InChI=1S/C20H20ClN3/c1-14-9-11-24(12-10-14)20-22-18-8-7-16(21)13-17(18)19(23-20)15-5-3-2-4-6-15/h2-8,13-14H,9-12H2,1H3.